The number of urea groups is 1. The Morgan fingerprint density at radius 3 is 1.96 bits per heavy atom. The van der Waals surface area contributed by atoms with Crippen molar-refractivity contribution in [2.45, 2.75) is 59.0 Å². The Morgan fingerprint density at radius 1 is 0.875 bits per heavy atom. The molecule has 24 heavy (non-hydrogen) atoms. The molecule has 3 amide bonds. The summed E-state index contributed by atoms with van der Waals surface area (Å²) in [5.74, 6) is 0.256. The molecule has 2 heterocycles. The molecule has 2 aliphatic heterocycles. The van der Waals surface area contributed by atoms with Gasteiger partial charge in [-0.3, -0.25) is 9.69 Å². The molecule has 0 aromatic rings. The van der Waals surface area contributed by atoms with Gasteiger partial charge in [0.15, 0.2) is 0 Å². The highest BCUT2D eigenvalue weighted by Crippen LogP contribution is 2.15. The van der Waals surface area contributed by atoms with E-state index in [1.165, 1.54) is 6.42 Å². The molecule has 6 heteroatoms. The Balaban J connectivity index is 1.85. The predicted molar refractivity (Wildman–Crippen MR) is 96.0 cm³/mol. The maximum atomic E-state index is 12.7. The monoisotopic (exact) mass is 338 g/mol. The number of piperazine rings is 1. The Morgan fingerprint density at radius 2 is 1.46 bits per heavy atom. The zero-order chi connectivity index (χ0) is 17.7. The summed E-state index contributed by atoms with van der Waals surface area (Å²) in [6, 6.07) is 0.273. The lowest BCUT2D eigenvalue weighted by Crippen LogP contribution is -2.58. The van der Waals surface area contributed by atoms with E-state index in [0.717, 1.165) is 45.6 Å². The second-order valence-corrected chi connectivity index (χ2v) is 7.25. The number of likely N-dealkylation sites (tertiary alicyclic amines) is 1. The predicted octanol–water partition coefficient (Wildman–Crippen LogP) is 1.86. The Labute approximate surface area is 146 Å². The normalized spacial score (nSPS) is 21.0. The van der Waals surface area contributed by atoms with E-state index in [1.807, 2.05) is 28.5 Å². The minimum absolute atomic E-state index is 0.0762. The van der Waals surface area contributed by atoms with Crippen LogP contribution in [-0.4, -0.2) is 89.4 Å². The molecule has 0 bridgehead atoms. The van der Waals surface area contributed by atoms with Crippen LogP contribution in [0.25, 0.3) is 0 Å². The summed E-state index contributed by atoms with van der Waals surface area (Å²) in [6.07, 6.45) is 3.49. The molecule has 0 saturated carbocycles. The standard InChI is InChI=1S/C18H34N4O2/c1-5-22(15(2)3)18(24)21-13-11-19(12-14-21)16(4)17(23)20-9-7-6-8-10-20/h15-16H,5-14H2,1-4H3/t16-/m0/s1. The van der Waals surface area contributed by atoms with E-state index in [0.29, 0.717) is 13.1 Å². The summed E-state index contributed by atoms with van der Waals surface area (Å²) in [7, 11) is 0. The van der Waals surface area contributed by atoms with E-state index in [2.05, 4.69) is 18.7 Å². The van der Waals surface area contributed by atoms with Gasteiger partial charge in [0.25, 0.3) is 0 Å². The number of amides is 3. The van der Waals surface area contributed by atoms with Crippen LogP contribution in [0.3, 0.4) is 0 Å². The number of rotatable bonds is 4. The minimum atomic E-state index is -0.0762. The molecule has 2 aliphatic rings. The van der Waals surface area contributed by atoms with Gasteiger partial charge >= 0.3 is 6.03 Å². The fourth-order valence-electron chi connectivity index (χ4n) is 3.74. The Bertz CT molecular complexity index is 427. The fraction of sp³-hybridized carbons (Fsp3) is 0.889. The molecule has 0 N–H and O–H groups in total. The number of carbonyl (C=O) groups is 2. The lowest BCUT2D eigenvalue weighted by Gasteiger charge is -2.41. The smallest absolute Gasteiger partial charge is 0.320 e. The van der Waals surface area contributed by atoms with Crippen LogP contribution in [-0.2, 0) is 4.79 Å². The molecule has 6 nitrogen and oxygen atoms in total. The van der Waals surface area contributed by atoms with Crippen LogP contribution in [0.15, 0.2) is 0 Å². The van der Waals surface area contributed by atoms with Crippen molar-refractivity contribution in [3.63, 3.8) is 0 Å². The van der Waals surface area contributed by atoms with E-state index in [1.54, 1.807) is 0 Å². The van der Waals surface area contributed by atoms with E-state index < -0.39 is 0 Å². The Kier molecular flexibility index (Phi) is 6.90. The summed E-state index contributed by atoms with van der Waals surface area (Å²) >= 11 is 0. The summed E-state index contributed by atoms with van der Waals surface area (Å²) in [6.45, 7) is 13.7. The molecule has 2 rings (SSSR count). The van der Waals surface area contributed by atoms with Gasteiger partial charge in [0.2, 0.25) is 5.91 Å². The minimum Gasteiger partial charge on any atom is -0.341 e. The van der Waals surface area contributed by atoms with Gasteiger partial charge in [-0.15, -0.1) is 0 Å². The van der Waals surface area contributed by atoms with Gasteiger partial charge in [-0.25, -0.2) is 4.79 Å². The van der Waals surface area contributed by atoms with Gasteiger partial charge < -0.3 is 14.7 Å². The lowest BCUT2D eigenvalue weighted by molar-refractivity contribution is -0.137. The second-order valence-electron chi connectivity index (χ2n) is 7.25. The average molecular weight is 338 g/mol. The van der Waals surface area contributed by atoms with Crippen LogP contribution in [0.5, 0.6) is 0 Å². The van der Waals surface area contributed by atoms with Crippen LogP contribution in [0.2, 0.25) is 0 Å². The SMILES string of the molecule is CCN(C(=O)N1CCN([C@@H](C)C(=O)N2CCCCC2)CC1)C(C)C. The van der Waals surface area contributed by atoms with Gasteiger partial charge in [0.05, 0.1) is 6.04 Å². The van der Waals surface area contributed by atoms with E-state index >= 15 is 0 Å². The Hall–Kier alpha value is -1.30. The van der Waals surface area contributed by atoms with Gasteiger partial charge in [-0.05, 0) is 47.0 Å². The molecule has 0 radical (unpaired) electrons. The fourth-order valence-corrected chi connectivity index (χ4v) is 3.74. The molecule has 0 aromatic carbocycles. The molecular weight excluding hydrogens is 304 g/mol. The molecule has 0 aromatic heterocycles. The molecule has 138 valence electrons. The first kappa shape index (κ1) is 19.0. The van der Waals surface area contributed by atoms with Crippen molar-refractivity contribution in [2.24, 2.45) is 0 Å². The molecule has 0 unspecified atom stereocenters. The third-order valence-corrected chi connectivity index (χ3v) is 5.37. The van der Waals surface area contributed by atoms with Crippen molar-refractivity contribution < 1.29 is 9.59 Å². The third-order valence-electron chi connectivity index (χ3n) is 5.37. The lowest BCUT2D eigenvalue weighted by atomic mass is 10.1. The number of carbonyl (C=O) groups excluding carboxylic acids is 2. The first-order valence-corrected chi connectivity index (χ1v) is 9.54. The number of nitrogens with zero attached hydrogens (tertiary/aromatic N) is 4. The first-order valence-electron chi connectivity index (χ1n) is 9.54. The van der Waals surface area contributed by atoms with Crippen LogP contribution < -0.4 is 0 Å². The highest BCUT2D eigenvalue weighted by Gasteiger charge is 2.31. The van der Waals surface area contributed by atoms with Crippen LogP contribution >= 0.6 is 0 Å². The van der Waals surface area contributed by atoms with Gasteiger partial charge in [0, 0.05) is 51.9 Å². The summed E-state index contributed by atoms with van der Waals surface area (Å²) in [4.78, 5) is 33.3. The molecule has 1 atom stereocenters. The number of piperidine rings is 1. The van der Waals surface area contributed by atoms with Crippen molar-refractivity contribution >= 4 is 11.9 Å². The highest BCUT2D eigenvalue weighted by molar-refractivity contribution is 5.81. The quantitative estimate of drug-likeness (QED) is 0.786. The maximum absolute atomic E-state index is 12.7. The van der Waals surface area contributed by atoms with Crippen molar-refractivity contribution in [1.82, 2.24) is 19.6 Å². The van der Waals surface area contributed by atoms with Crippen LogP contribution in [0.4, 0.5) is 4.79 Å². The van der Waals surface area contributed by atoms with E-state index in [9.17, 15) is 9.59 Å². The number of hydrogen-bond acceptors (Lipinski definition) is 3. The highest BCUT2D eigenvalue weighted by atomic mass is 16.2. The maximum Gasteiger partial charge on any atom is 0.320 e. The van der Waals surface area contributed by atoms with Gasteiger partial charge in [-0.1, -0.05) is 0 Å². The second kappa shape index (κ2) is 8.70. The van der Waals surface area contributed by atoms with Gasteiger partial charge in [-0.2, -0.15) is 0 Å². The third kappa shape index (κ3) is 4.41. The van der Waals surface area contributed by atoms with Crippen LogP contribution in [0, 0.1) is 0 Å². The van der Waals surface area contributed by atoms with E-state index in [4.69, 9.17) is 0 Å². The molecule has 2 fully saturated rings. The molecular formula is C18H34N4O2. The largest absolute Gasteiger partial charge is 0.341 e. The van der Waals surface area contributed by atoms with Gasteiger partial charge in [0.1, 0.15) is 0 Å². The molecule has 0 spiro atoms. The van der Waals surface area contributed by atoms with E-state index in [-0.39, 0.29) is 24.0 Å². The van der Waals surface area contributed by atoms with Crippen molar-refractivity contribution in [3.05, 3.63) is 0 Å². The average Bonchev–Trinajstić information content (AvgIpc) is 2.61. The zero-order valence-electron chi connectivity index (χ0n) is 15.8. The summed E-state index contributed by atoms with van der Waals surface area (Å²) in [5.41, 5.74) is 0. The number of hydrogen-bond donors (Lipinski definition) is 0. The van der Waals surface area contributed by atoms with Crippen LogP contribution in [0.1, 0.15) is 47.0 Å². The first-order chi connectivity index (χ1) is 11.5. The van der Waals surface area contributed by atoms with Crippen molar-refractivity contribution in [2.75, 3.05) is 45.8 Å². The van der Waals surface area contributed by atoms with Crippen molar-refractivity contribution in [3.8, 4) is 0 Å². The molecule has 2 saturated heterocycles. The topological polar surface area (TPSA) is 47.1 Å². The molecule has 0 aliphatic carbocycles. The zero-order valence-corrected chi connectivity index (χ0v) is 15.8. The van der Waals surface area contributed by atoms with Crippen molar-refractivity contribution in [1.29, 1.82) is 0 Å². The summed E-state index contributed by atoms with van der Waals surface area (Å²) in [5, 5.41) is 0. The summed E-state index contributed by atoms with van der Waals surface area (Å²) < 4.78 is 0.